The van der Waals surface area contributed by atoms with Gasteiger partial charge in [-0.1, -0.05) is 18.2 Å². The first-order valence-corrected chi connectivity index (χ1v) is 6.13. The highest BCUT2D eigenvalue weighted by Gasteiger charge is 2.06. The van der Waals surface area contributed by atoms with Crippen molar-refractivity contribution in [1.82, 2.24) is 4.98 Å². The molecule has 5 nitrogen and oxygen atoms in total. The van der Waals surface area contributed by atoms with Gasteiger partial charge in [-0.05, 0) is 25.1 Å². The van der Waals surface area contributed by atoms with Gasteiger partial charge in [0.1, 0.15) is 18.1 Å². The summed E-state index contributed by atoms with van der Waals surface area (Å²) in [4.78, 5) is 15.5. The first kappa shape index (κ1) is 13.9. The molecule has 0 bridgehead atoms. The van der Waals surface area contributed by atoms with Crippen molar-refractivity contribution in [2.45, 2.75) is 13.5 Å². The minimum Gasteiger partial charge on any atom is -0.506 e. The molecule has 0 fully saturated rings. The summed E-state index contributed by atoms with van der Waals surface area (Å²) in [7, 11) is 0. The number of hydrogen-bond acceptors (Lipinski definition) is 5. The molecule has 0 amide bonds. The fourth-order valence-corrected chi connectivity index (χ4v) is 1.51. The number of carbonyl (C=O) groups excluding carboxylic acids is 1. The van der Waals surface area contributed by atoms with Crippen LogP contribution in [0.3, 0.4) is 0 Å². The lowest BCUT2D eigenvalue weighted by molar-refractivity contribution is -0.147. The number of nitrogens with zero attached hydrogens (tertiary/aromatic N) is 1. The van der Waals surface area contributed by atoms with Crippen LogP contribution in [-0.2, 0) is 16.1 Å². The second-order valence-corrected chi connectivity index (χ2v) is 4.21. The number of para-hydroxylation sites is 1. The Kier molecular flexibility index (Phi) is 4.55. The van der Waals surface area contributed by atoms with Crippen LogP contribution in [0.2, 0.25) is 0 Å². The van der Waals surface area contributed by atoms with Gasteiger partial charge in [0.25, 0.3) is 0 Å². The molecule has 5 heteroatoms. The fraction of sp³-hybridized carbons (Fsp3) is 0.200. The zero-order valence-electron chi connectivity index (χ0n) is 11.1. The summed E-state index contributed by atoms with van der Waals surface area (Å²) in [5.74, 6) is 0.215. The molecule has 0 unspecified atom stereocenters. The Morgan fingerprint density at radius 3 is 2.75 bits per heavy atom. The number of rotatable bonds is 5. The zero-order valence-corrected chi connectivity index (χ0v) is 11.1. The van der Waals surface area contributed by atoms with Crippen LogP contribution in [0.5, 0.6) is 11.5 Å². The van der Waals surface area contributed by atoms with Gasteiger partial charge in [0.05, 0.1) is 5.69 Å². The average Bonchev–Trinajstić information content (AvgIpc) is 2.47. The Hall–Kier alpha value is -2.56. The molecule has 2 aromatic rings. The number of aryl methyl sites for hydroxylation is 1. The van der Waals surface area contributed by atoms with Gasteiger partial charge in [0.15, 0.2) is 6.61 Å². The molecule has 0 aliphatic rings. The van der Waals surface area contributed by atoms with Gasteiger partial charge in [0, 0.05) is 11.8 Å². The average molecular weight is 273 g/mol. The standard InChI is InChI=1S/C15H15NO4/c1-11-14(17)7-12(8-16-11)9-20-15(18)10-19-13-5-3-2-4-6-13/h2-8,17H,9-10H2,1H3. The van der Waals surface area contributed by atoms with E-state index < -0.39 is 5.97 Å². The predicted molar refractivity (Wildman–Crippen MR) is 72.4 cm³/mol. The third-order valence-electron chi connectivity index (χ3n) is 2.62. The summed E-state index contributed by atoms with van der Waals surface area (Å²) in [6.07, 6.45) is 1.56. The van der Waals surface area contributed by atoms with Crippen LogP contribution < -0.4 is 4.74 Å². The minimum absolute atomic E-state index is 0.0534. The maximum atomic E-state index is 11.5. The predicted octanol–water partition coefficient (Wildman–Crippen LogP) is 2.22. The second-order valence-electron chi connectivity index (χ2n) is 4.21. The van der Waals surface area contributed by atoms with Crippen LogP contribution in [0.15, 0.2) is 42.6 Å². The van der Waals surface area contributed by atoms with Gasteiger partial charge in [-0.3, -0.25) is 4.98 Å². The van der Waals surface area contributed by atoms with Crippen LogP contribution in [0, 0.1) is 6.92 Å². The Labute approximate surface area is 116 Å². The number of aromatic nitrogens is 1. The molecule has 2 rings (SSSR count). The van der Waals surface area contributed by atoms with E-state index in [-0.39, 0.29) is 19.0 Å². The maximum Gasteiger partial charge on any atom is 0.344 e. The normalized spacial score (nSPS) is 10.1. The van der Waals surface area contributed by atoms with Gasteiger partial charge in [-0.15, -0.1) is 0 Å². The SMILES string of the molecule is Cc1ncc(COC(=O)COc2ccccc2)cc1O. The van der Waals surface area contributed by atoms with Crippen molar-refractivity contribution in [2.75, 3.05) is 6.61 Å². The summed E-state index contributed by atoms with van der Waals surface area (Å²) in [6, 6.07) is 10.5. The summed E-state index contributed by atoms with van der Waals surface area (Å²) >= 11 is 0. The smallest absolute Gasteiger partial charge is 0.344 e. The lowest BCUT2D eigenvalue weighted by Gasteiger charge is -2.07. The first-order valence-electron chi connectivity index (χ1n) is 6.13. The van der Waals surface area contributed by atoms with Gasteiger partial charge < -0.3 is 14.6 Å². The Morgan fingerprint density at radius 2 is 2.05 bits per heavy atom. The molecule has 0 aliphatic heterocycles. The maximum absolute atomic E-state index is 11.5. The van der Waals surface area contributed by atoms with Crippen LogP contribution in [0.4, 0.5) is 0 Å². The molecule has 0 atom stereocenters. The first-order chi connectivity index (χ1) is 9.65. The monoisotopic (exact) mass is 273 g/mol. The Bertz CT molecular complexity index is 584. The van der Waals surface area contributed by atoms with E-state index in [9.17, 15) is 9.90 Å². The summed E-state index contributed by atoms with van der Waals surface area (Å²) in [5.41, 5.74) is 1.16. The highest BCUT2D eigenvalue weighted by molar-refractivity contribution is 5.71. The highest BCUT2D eigenvalue weighted by atomic mass is 16.6. The number of hydrogen-bond donors (Lipinski definition) is 1. The molecule has 104 valence electrons. The summed E-state index contributed by atoms with van der Waals surface area (Å²) in [6.45, 7) is 1.59. The number of benzene rings is 1. The van der Waals surface area contributed by atoms with Gasteiger partial charge in [-0.25, -0.2) is 4.79 Å². The molecule has 20 heavy (non-hydrogen) atoms. The van der Waals surface area contributed by atoms with E-state index in [1.165, 1.54) is 6.07 Å². The van der Waals surface area contributed by atoms with E-state index in [1.54, 1.807) is 25.3 Å². The molecule has 0 saturated heterocycles. The van der Waals surface area contributed by atoms with Crippen LogP contribution in [0.25, 0.3) is 0 Å². The lowest BCUT2D eigenvalue weighted by atomic mass is 10.2. The molecule has 1 aromatic carbocycles. The van der Waals surface area contributed by atoms with Crippen molar-refractivity contribution >= 4 is 5.97 Å². The van der Waals surface area contributed by atoms with E-state index in [0.717, 1.165) is 0 Å². The third-order valence-corrected chi connectivity index (χ3v) is 2.62. The Morgan fingerprint density at radius 1 is 1.30 bits per heavy atom. The molecule has 1 N–H and O–H groups in total. The van der Waals surface area contributed by atoms with E-state index in [0.29, 0.717) is 17.0 Å². The topological polar surface area (TPSA) is 68.7 Å². The molecular weight excluding hydrogens is 258 g/mol. The van der Waals surface area contributed by atoms with Crippen LogP contribution in [-0.4, -0.2) is 22.7 Å². The van der Waals surface area contributed by atoms with E-state index in [2.05, 4.69) is 4.98 Å². The second kappa shape index (κ2) is 6.56. The van der Waals surface area contributed by atoms with Crippen molar-refractivity contribution < 1.29 is 19.4 Å². The third kappa shape index (κ3) is 3.98. The fourth-order valence-electron chi connectivity index (χ4n) is 1.51. The summed E-state index contributed by atoms with van der Waals surface area (Å²) in [5, 5.41) is 9.49. The number of aromatic hydroxyl groups is 1. The van der Waals surface area contributed by atoms with E-state index in [4.69, 9.17) is 9.47 Å². The molecular formula is C15H15NO4. The van der Waals surface area contributed by atoms with Crippen LogP contribution in [0.1, 0.15) is 11.3 Å². The van der Waals surface area contributed by atoms with E-state index >= 15 is 0 Å². The Balaban J connectivity index is 1.79. The minimum atomic E-state index is -0.478. The number of esters is 1. The van der Waals surface area contributed by atoms with Crippen molar-refractivity contribution in [1.29, 1.82) is 0 Å². The quantitative estimate of drug-likeness (QED) is 0.846. The molecule has 0 aliphatic carbocycles. The number of pyridine rings is 1. The van der Waals surface area contributed by atoms with Crippen LogP contribution >= 0.6 is 0 Å². The lowest BCUT2D eigenvalue weighted by Crippen LogP contribution is -2.14. The van der Waals surface area contributed by atoms with E-state index in [1.807, 2.05) is 18.2 Å². The van der Waals surface area contributed by atoms with Crippen molar-refractivity contribution in [3.63, 3.8) is 0 Å². The molecule has 0 spiro atoms. The van der Waals surface area contributed by atoms with Crippen molar-refractivity contribution in [2.24, 2.45) is 0 Å². The summed E-state index contributed by atoms with van der Waals surface area (Å²) < 4.78 is 10.3. The van der Waals surface area contributed by atoms with Gasteiger partial charge in [0.2, 0.25) is 0 Å². The van der Waals surface area contributed by atoms with Crippen molar-refractivity contribution in [3.05, 3.63) is 53.9 Å². The molecule has 0 saturated carbocycles. The zero-order chi connectivity index (χ0) is 14.4. The van der Waals surface area contributed by atoms with Crippen molar-refractivity contribution in [3.8, 4) is 11.5 Å². The largest absolute Gasteiger partial charge is 0.506 e. The highest BCUT2D eigenvalue weighted by Crippen LogP contribution is 2.15. The van der Waals surface area contributed by atoms with Gasteiger partial charge >= 0.3 is 5.97 Å². The number of ether oxygens (including phenoxy) is 2. The molecule has 0 radical (unpaired) electrons. The molecule has 1 heterocycles. The number of carbonyl (C=O) groups is 1. The van der Waals surface area contributed by atoms with Gasteiger partial charge in [-0.2, -0.15) is 0 Å². The molecule has 1 aromatic heterocycles.